The van der Waals surface area contributed by atoms with Gasteiger partial charge >= 0.3 is 0 Å². The zero-order valence-electron chi connectivity index (χ0n) is 42.9. The molecule has 0 aliphatic carbocycles. The molecule has 0 heterocycles. The number of rotatable bonds is 31. The van der Waals surface area contributed by atoms with Crippen LogP contribution in [0.5, 0.6) is 23.0 Å². The Morgan fingerprint density at radius 2 is 0.571 bits per heavy atom. The minimum atomic E-state index is 0.00634. The van der Waals surface area contributed by atoms with Crippen LogP contribution in [0.3, 0.4) is 0 Å². The molecule has 352 valence electrons. The van der Waals surface area contributed by atoms with E-state index in [1.165, 1.54) is 89.2 Å². The molecule has 0 saturated heterocycles. The lowest BCUT2D eigenvalue weighted by atomic mass is 9.99. The Kier molecular flexibility index (Phi) is 30.1. The molecule has 63 heavy (non-hydrogen) atoms. The summed E-state index contributed by atoms with van der Waals surface area (Å²) in [4.78, 5) is 0. The second-order valence-corrected chi connectivity index (χ2v) is 18.7. The molecule has 0 saturated carbocycles. The van der Waals surface area contributed by atoms with E-state index in [9.17, 15) is 10.2 Å². The van der Waals surface area contributed by atoms with Gasteiger partial charge in [0, 0.05) is 11.1 Å². The maximum Gasteiger partial charge on any atom is 0.207 e. The first-order chi connectivity index (χ1) is 30.0. The van der Waals surface area contributed by atoms with Crippen molar-refractivity contribution in [2.75, 3.05) is 14.2 Å². The Balaban J connectivity index is 2.32. The summed E-state index contributed by atoms with van der Waals surface area (Å²) in [6, 6.07) is 0. The molecule has 1 aromatic carbocycles. The Hall–Kier alpha value is -4.18. The fourth-order valence-corrected chi connectivity index (χ4v) is 7.62. The maximum atomic E-state index is 10.7. The van der Waals surface area contributed by atoms with E-state index in [1.54, 1.807) is 6.92 Å². The summed E-state index contributed by atoms with van der Waals surface area (Å²) < 4.78 is 10.5. The van der Waals surface area contributed by atoms with Crippen LogP contribution in [0.4, 0.5) is 0 Å². The van der Waals surface area contributed by atoms with Crippen LogP contribution in [0.25, 0.3) is 0 Å². The Labute approximate surface area is 388 Å². The van der Waals surface area contributed by atoms with Crippen LogP contribution < -0.4 is 9.47 Å². The molecule has 0 atom stereocenters. The molecule has 4 heteroatoms. The van der Waals surface area contributed by atoms with Crippen molar-refractivity contribution in [3.63, 3.8) is 0 Å². The average molecular weight is 865 g/mol. The third-order valence-corrected chi connectivity index (χ3v) is 12.1. The Bertz CT molecular complexity index is 1840. The molecule has 0 amide bonds. The quantitative estimate of drug-likeness (QED) is 0.0577. The Morgan fingerprint density at radius 1 is 0.349 bits per heavy atom. The predicted molar refractivity (Wildman–Crippen MR) is 278 cm³/mol. The van der Waals surface area contributed by atoms with Crippen molar-refractivity contribution in [1.29, 1.82) is 0 Å². The number of allylic oxidation sites excluding steroid dienone is 20. The van der Waals surface area contributed by atoms with Gasteiger partial charge in [-0.15, -0.1) is 0 Å². The average Bonchev–Trinajstić information content (AvgIpc) is 3.21. The lowest BCUT2D eigenvalue weighted by Gasteiger charge is -2.17. The second kappa shape index (κ2) is 33.3. The summed E-state index contributed by atoms with van der Waals surface area (Å²) in [5.74, 6) is 0.356. The molecule has 0 radical (unpaired) electrons. The van der Waals surface area contributed by atoms with Crippen molar-refractivity contribution < 1.29 is 19.7 Å². The molecule has 0 aromatic heterocycles. The van der Waals surface area contributed by atoms with Crippen molar-refractivity contribution in [3.05, 3.63) is 128 Å². The van der Waals surface area contributed by atoms with Gasteiger partial charge in [-0.25, -0.2) is 0 Å². The topological polar surface area (TPSA) is 58.9 Å². The lowest BCUT2D eigenvalue weighted by Crippen LogP contribution is -1.98. The van der Waals surface area contributed by atoms with E-state index >= 15 is 0 Å². The summed E-state index contributed by atoms with van der Waals surface area (Å²) in [6.07, 6.45) is 44.6. The number of phenolic OH excluding ortho intramolecular Hbond substituents is 2. The summed E-state index contributed by atoms with van der Waals surface area (Å²) in [5.41, 5.74) is 15.9. The summed E-state index contributed by atoms with van der Waals surface area (Å²) in [7, 11) is 2.91. The van der Waals surface area contributed by atoms with Crippen LogP contribution in [0, 0.1) is 6.92 Å². The first-order valence-electron chi connectivity index (χ1n) is 24.2. The Morgan fingerprint density at radius 3 is 0.810 bits per heavy atom. The zero-order valence-corrected chi connectivity index (χ0v) is 42.9. The SMILES string of the molecule is COc1c(O)c(C)c(CC=C(C)CC/C=C(\C)CC/C=C(\C)CC/C=C(\C)CC/C=C(\C)CC/C=C(/C)CC/C=C(/C)CC/C=C(\C)CC/C=C(\C)CCC=C(C)C)c(O)c1OC. The molecule has 2 N–H and O–H groups in total. The largest absolute Gasteiger partial charge is 0.504 e. The maximum absolute atomic E-state index is 10.7. The van der Waals surface area contributed by atoms with Gasteiger partial charge in [-0.1, -0.05) is 116 Å². The van der Waals surface area contributed by atoms with Crippen molar-refractivity contribution in [1.82, 2.24) is 0 Å². The number of hydrogen-bond acceptors (Lipinski definition) is 4. The van der Waals surface area contributed by atoms with E-state index in [1.807, 2.05) is 0 Å². The molecule has 0 aliphatic heterocycles. The summed E-state index contributed by atoms with van der Waals surface area (Å²) in [5, 5.41) is 21.3. The first kappa shape index (κ1) is 56.8. The highest BCUT2D eigenvalue weighted by Gasteiger charge is 2.22. The van der Waals surface area contributed by atoms with E-state index in [0.29, 0.717) is 17.5 Å². The van der Waals surface area contributed by atoms with E-state index in [2.05, 4.69) is 137 Å². The van der Waals surface area contributed by atoms with E-state index in [0.717, 1.165) is 96.3 Å². The van der Waals surface area contributed by atoms with E-state index in [4.69, 9.17) is 9.47 Å². The number of phenols is 2. The van der Waals surface area contributed by atoms with Gasteiger partial charge in [0.2, 0.25) is 11.5 Å². The molecule has 0 aliphatic rings. The van der Waals surface area contributed by atoms with Crippen molar-refractivity contribution in [3.8, 4) is 23.0 Å². The number of aromatic hydroxyl groups is 2. The zero-order chi connectivity index (χ0) is 47.2. The van der Waals surface area contributed by atoms with Crippen molar-refractivity contribution in [2.45, 2.75) is 205 Å². The van der Waals surface area contributed by atoms with Gasteiger partial charge in [0.05, 0.1) is 14.2 Å². The van der Waals surface area contributed by atoms with Crippen LogP contribution >= 0.6 is 0 Å². The monoisotopic (exact) mass is 865 g/mol. The van der Waals surface area contributed by atoms with Crippen LogP contribution in [0.1, 0.15) is 203 Å². The predicted octanol–water partition coefficient (Wildman–Crippen LogP) is 18.5. The standard InChI is InChI=1S/C59H92O4/c1-44(2)24-15-25-45(3)26-16-27-46(4)28-17-29-47(5)30-18-31-48(6)32-19-33-49(7)34-20-35-50(8)36-21-37-51(9)38-22-39-52(10)40-23-41-53(11)42-43-55-54(12)56(60)58(62-13)59(63-14)57(55)61/h24,26,28,30,32,34,36,38,40,42,60-61H,15-23,25,27,29,31,33,35,37,39,41,43H2,1-14H3/b45-26+,46-28+,47-30-,48-32-,49-34+,50-36+,51-38+,52-40+,53-42?. The minimum Gasteiger partial charge on any atom is -0.504 e. The number of hydrogen-bond donors (Lipinski definition) is 2. The van der Waals surface area contributed by atoms with Crippen LogP contribution in [0.2, 0.25) is 0 Å². The highest BCUT2D eigenvalue weighted by molar-refractivity contribution is 5.66. The highest BCUT2D eigenvalue weighted by Crippen LogP contribution is 2.48. The second-order valence-electron chi connectivity index (χ2n) is 18.7. The molecule has 0 bridgehead atoms. The molecule has 1 rings (SSSR count). The van der Waals surface area contributed by atoms with Crippen molar-refractivity contribution >= 4 is 0 Å². The number of methoxy groups -OCH3 is 2. The molecule has 0 fully saturated rings. The summed E-state index contributed by atoms with van der Waals surface area (Å²) >= 11 is 0. The third-order valence-electron chi connectivity index (χ3n) is 12.1. The fourth-order valence-electron chi connectivity index (χ4n) is 7.62. The smallest absolute Gasteiger partial charge is 0.207 e. The van der Waals surface area contributed by atoms with Gasteiger partial charge < -0.3 is 19.7 Å². The van der Waals surface area contributed by atoms with Crippen LogP contribution in [-0.2, 0) is 6.42 Å². The van der Waals surface area contributed by atoms with Gasteiger partial charge in [-0.05, 0) is 205 Å². The number of benzene rings is 1. The van der Waals surface area contributed by atoms with Gasteiger partial charge in [0.15, 0.2) is 11.5 Å². The van der Waals surface area contributed by atoms with Gasteiger partial charge in [0.25, 0.3) is 0 Å². The molecular formula is C59H92O4. The summed E-state index contributed by atoms with van der Waals surface area (Å²) in [6.45, 7) is 26.5. The third kappa shape index (κ3) is 26.3. The van der Waals surface area contributed by atoms with E-state index in [-0.39, 0.29) is 23.0 Å². The molecular weight excluding hydrogens is 773 g/mol. The molecule has 0 spiro atoms. The van der Waals surface area contributed by atoms with Crippen LogP contribution in [0.15, 0.2) is 116 Å². The van der Waals surface area contributed by atoms with Gasteiger partial charge in [-0.3, -0.25) is 0 Å². The first-order valence-corrected chi connectivity index (χ1v) is 24.2. The minimum absolute atomic E-state index is 0.00634. The van der Waals surface area contributed by atoms with Gasteiger partial charge in [-0.2, -0.15) is 0 Å². The fraction of sp³-hybridized carbons (Fsp3) is 0.559. The molecule has 1 aromatic rings. The van der Waals surface area contributed by atoms with Gasteiger partial charge in [0.1, 0.15) is 0 Å². The van der Waals surface area contributed by atoms with E-state index < -0.39 is 0 Å². The molecule has 4 nitrogen and oxygen atoms in total. The number of ether oxygens (including phenoxy) is 2. The van der Waals surface area contributed by atoms with Crippen LogP contribution in [-0.4, -0.2) is 24.4 Å². The lowest BCUT2D eigenvalue weighted by molar-refractivity contribution is 0.314. The van der Waals surface area contributed by atoms with Crippen molar-refractivity contribution in [2.24, 2.45) is 0 Å². The normalized spacial score (nSPS) is 14.2. The highest BCUT2D eigenvalue weighted by atomic mass is 16.5. The molecule has 0 unspecified atom stereocenters.